The van der Waals surface area contributed by atoms with Crippen LogP contribution in [0.3, 0.4) is 0 Å². The van der Waals surface area contributed by atoms with Crippen LogP contribution in [0.4, 0.5) is 11.6 Å². The third kappa shape index (κ3) is 3.91. The van der Waals surface area contributed by atoms with Gasteiger partial charge in [-0.15, -0.1) is 0 Å². The van der Waals surface area contributed by atoms with Gasteiger partial charge in [0.1, 0.15) is 0 Å². The number of aryl methyl sites for hydroxylation is 1. The van der Waals surface area contributed by atoms with E-state index in [0.717, 1.165) is 50.4 Å². The van der Waals surface area contributed by atoms with Crippen molar-refractivity contribution in [2.45, 2.75) is 32.6 Å². The molecule has 0 unspecified atom stereocenters. The number of amides is 1. The Kier molecular flexibility index (Phi) is 5.41. The van der Waals surface area contributed by atoms with Gasteiger partial charge in [-0.3, -0.25) is 4.79 Å². The van der Waals surface area contributed by atoms with Crippen molar-refractivity contribution < 1.29 is 4.79 Å². The summed E-state index contributed by atoms with van der Waals surface area (Å²) in [4.78, 5) is 23.3. The van der Waals surface area contributed by atoms with Crippen molar-refractivity contribution in [1.29, 1.82) is 0 Å². The molecular weight excluding hydrogens is 300 g/mol. The summed E-state index contributed by atoms with van der Waals surface area (Å²) in [6.07, 6.45) is 7.24. The minimum atomic E-state index is 0.0552. The van der Waals surface area contributed by atoms with Crippen LogP contribution in [0.15, 0.2) is 42.7 Å². The highest BCUT2D eigenvalue weighted by atomic mass is 16.1. The molecule has 2 heterocycles. The molecular formula is C19H24N4O. The maximum absolute atomic E-state index is 12.6. The van der Waals surface area contributed by atoms with Crippen molar-refractivity contribution >= 4 is 17.5 Å². The maximum atomic E-state index is 12.6. The minimum absolute atomic E-state index is 0.0552. The van der Waals surface area contributed by atoms with Crippen molar-refractivity contribution in [1.82, 2.24) is 9.97 Å². The summed E-state index contributed by atoms with van der Waals surface area (Å²) < 4.78 is 0. The fourth-order valence-corrected chi connectivity index (χ4v) is 3.16. The number of hydrogen-bond donors (Lipinski definition) is 1. The molecule has 1 saturated heterocycles. The SMILES string of the molecule is CCCc1ccccc1NC(=O)C1CCN(c2ncccn2)CC1. The molecule has 3 rings (SSSR count). The van der Waals surface area contributed by atoms with Gasteiger partial charge in [0, 0.05) is 37.1 Å². The number of carbonyl (C=O) groups excluding carboxylic acids is 1. The lowest BCUT2D eigenvalue weighted by Crippen LogP contribution is -2.39. The van der Waals surface area contributed by atoms with E-state index in [4.69, 9.17) is 0 Å². The topological polar surface area (TPSA) is 58.1 Å². The van der Waals surface area contributed by atoms with E-state index in [2.05, 4.69) is 33.2 Å². The monoisotopic (exact) mass is 324 g/mol. The molecule has 0 bridgehead atoms. The number of carbonyl (C=O) groups is 1. The largest absolute Gasteiger partial charge is 0.341 e. The first-order chi connectivity index (χ1) is 11.8. The van der Waals surface area contributed by atoms with Gasteiger partial charge in [-0.2, -0.15) is 0 Å². The summed E-state index contributed by atoms with van der Waals surface area (Å²) in [5, 5.41) is 3.13. The standard InChI is InChI=1S/C19H24N4O/c1-2-6-15-7-3-4-8-17(15)22-18(24)16-9-13-23(14-10-16)19-20-11-5-12-21-19/h3-5,7-8,11-12,16H,2,6,9-10,13-14H2,1H3,(H,22,24). The Balaban J connectivity index is 1.58. The Morgan fingerprint density at radius 2 is 1.88 bits per heavy atom. The second kappa shape index (κ2) is 7.90. The Morgan fingerprint density at radius 1 is 1.17 bits per heavy atom. The predicted molar refractivity (Wildman–Crippen MR) is 96.0 cm³/mol. The summed E-state index contributed by atoms with van der Waals surface area (Å²) in [6.45, 7) is 3.79. The number of benzene rings is 1. The van der Waals surface area contributed by atoms with E-state index in [-0.39, 0.29) is 11.8 Å². The van der Waals surface area contributed by atoms with Crippen LogP contribution in [-0.2, 0) is 11.2 Å². The minimum Gasteiger partial charge on any atom is -0.341 e. The normalized spacial score (nSPS) is 15.3. The van der Waals surface area contributed by atoms with Crippen LogP contribution in [0.5, 0.6) is 0 Å². The van der Waals surface area contributed by atoms with Crippen molar-refractivity contribution in [3.63, 3.8) is 0 Å². The van der Waals surface area contributed by atoms with E-state index in [0.29, 0.717) is 0 Å². The molecule has 1 aromatic heterocycles. The highest BCUT2D eigenvalue weighted by molar-refractivity contribution is 5.93. The Bertz CT molecular complexity index is 666. The van der Waals surface area contributed by atoms with Crippen molar-refractivity contribution in [2.75, 3.05) is 23.3 Å². The Labute approximate surface area is 143 Å². The summed E-state index contributed by atoms with van der Waals surface area (Å²) in [5.74, 6) is 0.941. The van der Waals surface area contributed by atoms with Crippen LogP contribution < -0.4 is 10.2 Å². The number of rotatable bonds is 5. The Morgan fingerprint density at radius 3 is 2.58 bits per heavy atom. The van der Waals surface area contributed by atoms with Crippen LogP contribution in [0.2, 0.25) is 0 Å². The number of nitrogens with zero attached hydrogens (tertiary/aromatic N) is 3. The molecule has 0 atom stereocenters. The van der Waals surface area contributed by atoms with Crippen LogP contribution >= 0.6 is 0 Å². The third-order valence-electron chi connectivity index (χ3n) is 4.50. The van der Waals surface area contributed by atoms with Crippen molar-refractivity contribution in [2.24, 2.45) is 5.92 Å². The second-order valence-corrected chi connectivity index (χ2v) is 6.21. The number of anilines is 2. The quantitative estimate of drug-likeness (QED) is 0.917. The number of para-hydroxylation sites is 1. The summed E-state index contributed by atoms with van der Waals surface area (Å²) in [7, 11) is 0. The first kappa shape index (κ1) is 16.4. The van der Waals surface area contributed by atoms with Crippen LogP contribution in [0.25, 0.3) is 0 Å². The number of aromatic nitrogens is 2. The molecule has 1 aromatic carbocycles. The molecule has 24 heavy (non-hydrogen) atoms. The van der Waals surface area contributed by atoms with Gasteiger partial charge >= 0.3 is 0 Å². The molecule has 0 radical (unpaired) electrons. The molecule has 1 aliphatic heterocycles. The van der Waals surface area contributed by atoms with Gasteiger partial charge in [0.2, 0.25) is 11.9 Å². The number of hydrogen-bond acceptors (Lipinski definition) is 4. The van der Waals surface area contributed by atoms with Gasteiger partial charge in [-0.05, 0) is 37.0 Å². The first-order valence-corrected chi connectivity index (χ1v) is 8.68. The lowest BCUT2D eigenvalue weighted by molar-refractivity contribution is -0.120. The molecule has 2 aromatic rings. The van der Waals surface area contributed by atoms with Gasteiger partial charge in [-0.1, -0.05) is 31.5 Å². The van der Waals surface area contributed by atoms with Gasteiger partial charge < -0.3 is 10.2 Å². The first-order valence-electron chi connectivity index (χ1n) is 8.68. The van der Waals surface area contributed by atoms with Gasteiger partial charge in [0.25, 0.3) is 0 Å². The van der Waals surface area contributed by atoms with Gasteiger partial charge in [-0.25, -0.2) is 9.97 Å². The van der Waals surface area contributed by atoms with E-state index in [1.807, 2.05) is 24.3 Å². The van der Waals surface area contributed by atoms with E-state index in [1.165, 1.54) is 5.56 Å². The molecule has 0 spiro atoms. The molecule has 5 heteroatoms. The number of piperidine rings is 1. The zero-order valence-electron chi connectivity index (χ0n) is 14.1. The summed E-state index contributed by atoms with van der Waals surface area (Å²) in [6, 6.07) is 9.91. The highest BCUT2D eigenvalue weighted by Gasteiger charge is 2.26. The Hall–Kier alpha value is -2.43. The van der Waals surface area contributed by atoms with E-state index in [9.17, 15) is 4.79 Å². The number of nitrogens with one attached hydrogen (secondary N) is 1. The second-order valence-electron chi connectivity index (χ2n) is 6.21. The zero-order chi connectivity index (χ0) is 16.8. The van der Waals surface area contributed by atoms with E-state index < -0.39 is 0 Å². The molecule has 1 aliphatic rings. The fourth-order valence-electron chi connectivity index (χ4n) is 3.16. The fraction of sp³-hybridized carbons (Fsp3) is 0.421. The third-order valence-corrected chi connectivity index (χ3v) is 4.50. The zero-order valence-corrected chi connectivity index (χ0v) is 14.1. The lowest BCUT2D eigenvalue weighted by atomic mass is 9.95. The van der Waals surface area contributed by atoms with Gasteiger partial charge in [0.05, 0.1) is 0 Å². The van der Waals surface area contributed by atoms with Crippen LogP contribution in [0, 0.1) is 5.92 Å². The predicted octanol–water partition coefficient (Wildman–Crippen LogP) is 3.28. The lowest BCUT2D eigenvalue weighted by Gasteiger charge is -2.31. The average molecular weight is 324 g/mol. The smallest absolute Gasteiger partial charge is 0.227 e. The molecule has 5 nitrogen and oxygen atoms in total. The average Bonchev–Trinajstić information content (AvgIpc) is 2.64. The molecule has 126 valence electrons. The molecule has 1 fully saturated rings. The van der Waals surface area contributed by atoms with E-state index >= 15 is 0 Å². The molecule has 1 N–H and O–H groups in total. The maximum Gasteiger partial charge on any atom is 0.227 e. The summed E-state index contributed by atoms with van der Waals surface area (Å²) in [5.41, 5.74) is 2.17. The molecule has 0 saturated carbocycles. The van der Waals surface area contributed by atoms with Crippen LogP contribution in [-0.4, -0.2) is 29.0 Å². The van der Waals surface area contributed by atoms with E-state index in [1.54, 1.807) is 12.4 Å². The molecule has 0 aliphatic carbocycles. The summed E-state index contributed by atoms with van der Waals surface area (Å²) >= 11 is 0. The van der Waals surface area contributed by atoms with Gasteiger partial charge in [0.15, 0.2) is 0 Å². The van der Waals surface area contributed by atoms with Crippen molar-refractivity contribution in [3.8, 4) is 0 Å². The molecule has 1 amide bonds. The van der Waals surface area contributed by atoms with Crippen LogP contribution in [0.1, 0.15) is 31.7 Å². The highest BCUT2D eigenvalue weighted by Crippen LogP contribution is 2.23. The van der Waals surface area contributed by atoms with Crippen molar-refractivity contribution in [3.05, 3.63) is 48.3 Å².